The van der Waals surface area contributed by atoms with Crippen LogP contribution in [-0.4, -0.2) is 9.55 Å². The van der Waals surface area contributed by atoms with Crippen LogP contribution in [-0.2, 0) is 13.2 Å². The Morgan fingerprint density at radius 3 is 2.43 bits per heavy atom. The lowest BCUT2D eigenvalue weighted by atomic mass is 9.95. The van der Waals surface area contributed by atoms with Gasteiger partial charge in [-0.2, -0.15) is 18.4 Å². The molecule has 0 saturated carbocycles. The number of nitriles is 1. The maximum absolute atomic E-state index is 13.3. The van der Waals surface area contributed by atoms with Gasteiger partial charge in [0.15, 0.2) is 0 Å². The minimum atomic E-state index is -4.77. The Hall–Kier alpha value is -2.36. The van der Waals surface area contributed by atoms with Gasteiger partial charge in [0.2, 0.25) is 0 Å². The first-order valence-electron chi connectivity index (χ1n) is 6.19. The van der Waals surface area contributed by atoms with Gasteiger partial charge in [-0.1, -0.05) is 13.8 Å². The highest BCUT2D eigenvalue weighted by Crippen LogP contribution is 2.35. The molecule has 4 nitrogen and oxygen atoms in total. The first kappa shape index (κ1) is 15.0. The van der Waals surface area contributed by atoms with Crippen molar-refractivity contribution >= 4 is 11.0 Å². The summed E-state index contributed by atoms with van der Waals surface area (Å²) in [4.78, 5) is 16.0. The SMILES string of the molecule is CC(C)c1c(C(F)(F)F)c(=O)n(C)c2ccc(C#N)nc12. The highest BCUT2D eigenvalue weighted by atomic mass is 19.4. The summed E-state index contributed by atoms with van der Waals surface area (Å²) in [5, 5.41) is 8.88. The van der Waals surface area contributed by atoms with Crippen LogP contribution in [0.4, 0.5) is 13.2 Å². The van der Waals surface area contributed by atoms with Crippen molar-refractivity contribution in [2.45, 2.75) is 25.9 Å². The molecule has 110 valence electrons. The van der Waals surface area contributed by atoms with Gasteiger partial charge in [0.1, 0.15) is 17.3 Å². The summed E-state index contributed by atoms with van der Waals surface area (Å²) in [5.74, 6) is -0.556. The molecule has 0 atom stereocenters. The lowest BCUT2D eigenvalue weighted by Crippen LogP contribution is -2.30. The third-order valence-electron chi connectivity index (χ3n) is 3.25. The molecule has 0 N–H and O–H groups in total. The van der Waals surface area contributed by atoms with Crippen LogP contribution >= 0.6 is 0 Å². The molecule has 7 heteroatoms. The Bertz CT molecular complexity index is 813. The maximum atomic E-state index is 13.3. The quantitative estimate of drug-likeness (QED) is 0.812. The summed E-state index contributed by atoms with van der Waals surface area (Å²) >= 11 is 0. The number of hydrogen-bond acceptors (Lipinski definition) is 3. The second kappa shape index (κ2) is 4.88. The minimum Gasteiger partial charge on any atom is -0.309 e. The van der Waals surface area contributed by atoms with Crippen molar-refractivity contribution in [2.75, 3.05) is 0 Å². The Labute approximate surface area is 118 Å². The zero-order chi connectivity index (χ0) is 15.9. The van der Waals surface area contributed by atoms with Crippen molar-refractivity contribution in [1.29, 1.82) is 5.26 Å². The summed E-state index contributed by atoms with van der Waals surface area (Å²) < 4.78 is 40.7. The fourth-order valence-electron chi connectivity index (χ4n) is 2.33. The van der Waals surface area contributed by atoms with Crippen LogP contribution in [0.1, 0.15) is 36.6 Å². The summed E-state index contributed by atoms with van der Waals surface area (Å²) in [7, 11) is 1.26. The van der Waals surface area contributed by atoms with E-state index in [9.17, 15) is 18.0 Å². The molecule has 0 radical (unpaired) electrons. The lowest BCUT2D eigenvalue weighted by molar-refractivity contribution is -0.139. The molecule has 0 bridgehead atoms. The molecule has 0 aliphatic carbocycles. The number of aryl methyl sites for hydroxylation is 1. The highest BCUT2D eigenvalue weighted by molar-refractivity contribution is 5.81. The topological polar surface area (TPSA) is 58.7 Å². The molecule has 0 aromatic carbocycles. The Balaban J connectivity index is 3.11. The highest BCUT2D eigenvalue weighted by Gasteiger charge is 2.39. The van der Waals surface area contributed by atoms with Crippen LogP contribution in [0.25, 0.3) is 11.0 Å². The minimum absolute atomic E-state index is 0.0103. The van der Waals surface area contributed by atoms with Crippen LogP contribution in [0.5, 0.6) is 0 Å². The number of aromatic nitrogens is 2. The standard InChI is InChI=1S/C14H12F3N3O/c1-7(2)10-11(14(15,16)17)13(21)20(3)9-5-4-8(6-18)19-12(9)10/h4-5,7H,1-3H3. The molecule has 2 heterocycles. The zero-order valence-corrected chi connectivity index (χ0v) is 11.6. The van der Waals surface area contributed by atoms with E-state index < -0.39 is 23.2 Å². The van der Waals surface area contributed by atoms with E-state index in [1.54, 1.807) is 19.9 Å². The molecule has 0 spiro atoms. The van der Waals surface area contributed by atoms with Crippen molar-refractivity contribution < 1.29 is 13.2 Å². The number of halogens is 3. The van der Waals surface area contributed by atoms with Gasteiger partial charge in [-0.25, -0.2) is 4.98 Å². The smallest absolute Gasteiger partial charge is 0.309 e. The summed E-state index contributed by atoms with van der Waals surface area (Å²) in [6.07, 6.45) is -4.77. The molecule has 2 aromatic heterocycles. The van der Waals surface area contributed by atoms with Gasteiger partial charge in [0.25, 0.3) is 5.56 Å². The van der Waals surface area contributed by atoms with Gasteiger partial charge in [-0.15, -0.1) is 0 Å². The largest absolute Gasteiger partial charge is 0.422 e. The molecule has 0 amide bonds. The monoisotopic (exact) mass is 295 g/mol. The molecule has 21 heavy (non-hydrogen) atoms. The average Bonchev–Trinajstić information content (AvgIpc) is 2.40. The van der Waals surface area contributed by atoms with E-state index in [4.69, 9.17) is 5.26 Å². The molecule has 2 aromatic rings. The molecule has 0 fully saturated rings. The van der Waals surface area contributed by atoms with Gasteiger partial charge < -0.3 is 4.57 Å². The van der Waals surface area contributed by atoms with Gasteiger partial charge in [0.05, 0.1) is 11.0 Å². The second-order valence-electron chi connectivity index (χ2n) is 4.98. The molecule has 2 rings (SSSR count). The van der Waals surface area contributed by atoms with Gasteiger partial charge in [0, 0.05) is 12.6 Å². The van der Waals surface area contributed by atoms with Crippen LogP contribution in [0, 0.1) is 11.3 Å². The number of fused-ring (bicyclic) bond motifs is 1. The molecule has 0 saturated heterocycles. The number of nitrogens with zero attached hydrogens (tertiary/aromatic N) is 3. The van der Waals surface area contributed by atoms with E-state index in [-0.39, 0.29) is 22.3 Å². The van der Waals surface area contributed by atoms with Crippen LogP contribution in [0.3, 0.4) is 0 Å². The number of alkyl halides is 3. The van der Waals surface area contributed by atoms with Crippen molar-refractivity contribution in [3.63, 3.8) is 0 Å². The first-order valence-corrected chi connectivity index (χ1v) is 6.19. The van der Waals surface area contributed by atoms with Crippen molar-refractivity contribution in [3.05, 3.63) is 39.3 Å². The molecule has 0 aliphatic heterocycles. The van der Waals surface area contributed by atoms with E-state index >= 15 is 0 Å². The predicted molar refractivity (Wildman–Crippen MR) is 70.8 cm³/mol. The average molecular weight is 295 g/mol. The molecule has 0 unspecified atom stereocenters. The zero-order valence-electron chi connectivity index (χ0n) is 11.6. The number of rotatable bonds is 1. The van der Waals surface area contributed by atoms with Gasteiger partial charge in [-0.3, -0.25) is 4.79 Å². The first-order chi connectivity index (χ1) is 9.68. The normalized spacial score (nSPS) is 11.9. The van der Waals surface area contributed by atoms with Gasteiger partial charge >= 0.3 is 6.18 Å². The van der Waals surface area contributed by atoms with E-state index in [0.717, 1.165) is 4.57 Å². The maximum Gasteiger partial charge on any atom is 0.422 e. The van der Waals surface area contributed by atoms with Crippen molar-refractivity contribution in [3.8, 4) is 6.07 Å². The predicted octanol–water partition coefficient (Wildman–Crippen LogP) is 2.95. The Morgan fingerprint density at radius 1 is 1.33 bits per heavy atom. The van der Waals surface area contributed by atoms with Crippen molar-refractivity contribution in [2.24, 2.45) is 7.05 Å². The summed E-state index contributed by atoms with van der Waals surface area (Å²) in [6, 6.07) is 4.61. The van der Waals surface area contributed by atoms with E-state index in [1.807, 2.05) is 0 Å². The van der Waals surface area contributed by atoms with Crippen LogP contribution in [0.2, 0.25) is 0 Å². The van der Waals surface area contributed by atoms with Crippen LogP contribution in [0.15, 0.2) is 16.9 Å². The van der Waals surface area contributed by atoms with Crippen molar-refractivity contribution in [1.82, 2.24) is 9.55 Å². The van der Waals surface area contributed by atoms with Gasteiger partial charge in [-0.05, 0) is 18.1 Å². The second-order valence-corrected chi connectivity index (χ2v) is 4.98. The third-order valence-corrected chi connectivity index (χ3v) is 3.25. The lowest BCUT2D eigenvalue weighted by Gasteiger charge is -2.19. The molecular formula is C14H12F3N3O. The third kappa shape index (κ3) is 2.37. The Morgan fingerprint density at radius 2 is 1.95 bits per heavy atom. The van der Waals surface area contributed by atoms with E-state index in [1.165, 1.54) is 19.2 Å². The summed E-state index contributed by atoms with van der Waals surface area (Å²) in [5.41, 5.74) is -2.16. The Kier molecular flexibility index (Phi) is 3.49. The van der Waals surface area contributed by atoms with E-state index in [2.05, 4.69) is 4.98 Å². The summed E-state index contributed by atoms with van der Waals surface area (Å²) in [6.45, 7) is 3.12. The molecule has 0 aliphatic rings. The fraction of sp³-hybridized carbons (Fsp3) is 0.357. The van der Waals surface area contributed by atoms with E-state index in [0.29, 0.717) is 0 Å². The fourth-order valence-corrected chi connectivity index (χ4v) is 2.33. The van der Waals surface area contributed by atoms with Crippen LogP contribution < -0.4 is 5.56 Å². The number of pyridine rings is 2. The molecular weight excluding hydrogens is 283 g/mol. The number of hydrogen-bond donors (Lipinski definition) is 0.